The number of amides is 1. The van der Waals surface area contributed by atoms with E-state index >= 15 is 0 Å². The molecule has 0 unspecified atom stereocenters. The molecule has 0 saturated carbocycles. The van der Waals surface area contributed by atoms with Crippen LogP contribution in [0.25, 0.3) is 0 Å². The van der Waals surface area contributed by atoms with E-state index in [1.54, 1.807) is 25.6 Å². The summed E-state index contributed by atoms with van der Waals surface area (Å²) in [7, 11) is 0. The predicted molar refractivity (Wildman–Crippen MR) is 67.3 cm³/mol. The molecule has 0 aliphatic heterocycles. The van der Waals surface area contributed by atoms with Crippen molar-refractivity contribution in [2.24, 2.45) is 0 Å². The molecule has 2 N–H and O–H groups in total. The van der Waals surface area contributed by atoms with E-state index < -0.39 is 0 Å². The molecule has 0 fully saturated rings. The highest BCUT2D eigenvalue weighted by molar-refractivity contribution is 7.99. The van der Waals surface area contributed by atoms with Gasteiger partial charge in [0, 0.05) is 25.8 Å². The molecular weight excluding hydrogens is 240 g/mol. The number of hydrogen-bond acceptors (Lipinski definition) is 5. The van der Waals surface area contributed by atoms with Gasteiger partial charge in [0.05, 0.1) is 5.69 Å². The number of hydrogen-bond donors (Lipinski definition) is 2. The second kappa shape index (κ2) is 7.34. The first-order chi connectivity index (χ1) is 8.15. The first kappa shape index (κ1) is 14.1. The van der Waals surface area contributed by atoms with Gasteiger partial charge in [0.2, 0.25) is 5.76 Å². The smallest absolute Gasteiger partial charge is 0.289 e. The molecule has 0 aliphatic carbocycles. The molecule has 0 radical (unpaired) electrons. The van der Waals surface area contributed by atoms with Crippen LogP contribution >= 0.6 is 11.8 Å². The van der Waals surface area contributed by atoms with Crippen molar-refractivity contribution in [3.63, 3.8) is 0 Å². The maximum absolute atomic E-state index is 11.7. The summed E-state index contributed by atoms with van der Waals surface area (Å²) in [5, 5.41) is 11.4. The van der Waals surface area contributed by atoms with Crippen molar-refractivity contribution in [2.45, 2.75) is 20.3 Å². The van der Waals surface area contributed by atoms with Crippen LogP contribution < -0.4 is 5.32 Å². The van der Waals surface area contributed by atoms with Gasteiger partial charge in [-0.05, 0) is 19.1 Å². The number of carbonyl (C=O) groups excluding carboxylic acids is 1. The monoisotopic (exact) mass is 258 g/mol. The van der Waals surface area contributed by atoms with Gasteiger partial charge in [-0.2, -0.15) is 11.8 Å². The molecular formula is C11H18N2O3S. The Balaban J connectivity index is 2.23. The molecule has 1 rings (SSSR count). The highest BCUT2D eigenvalue weighted by Gasteiger charge is 2.14. The van der Waals surface area contributed by atoms with Crippen LogP contribution in [-0.4, -0.2) is 40.7 Å². The topological polar surface area (TPSA) is 75.4 Å². The number of aryl methyl sites for hydroxylation is 2. The quantitative estimate of drug-likeness (QED) is 0.717. The number of aliphatic hydroxyl groups excluding tert-OH is 1. The zero-order valence-corrected chi connectivity index (χ0v) is 11.0. The number of carbonyl (C=O) groups is 1. The van der Waals surface area contributed by atoms with Gasteiger partial charge >= 0.3 is 0 Å². The summed E-state index contributed by atoms with van der Waals surface area (Å²) in [6, 6.07) is 0. The van der Waals surface area contributed by atoms with Crippen LogP contribution in [-0.2, 0) is 0 Å². The lowest BCUT2D eigenvalue weighted by Crippen LogP contribution is -2.26. The van der Waals surface area contributed by atoms with Crippen molar-refractivity contribution in [3.8, 4) is 0 Å². The zero-order valence-electron chi connectivity index (χ0n) is 10.2. The average Bonchev–Trinajstić information content (AvgIpc) is 2.62. The first-order valence-corrected chi connectivity index (χ1v) is 6.71. The van der Waals surface area contributed by atoms with Crippen LogP contribution in [0.5, 0.6) is 0 Å². The number of nitrogens with one attached hydrogen (secondary N) is 1. The summed E-state index contributed by atoms with van der Waals surface area (Å²) in [5.74, 6) is 2.32. The van der Waals surface area contributed by atoms with Gasteiger partial charge in [-0.25, -0.2) is 4.98 Å². The lowest BCUT2D eigenvalue weighted by molar-refractivity contribution is 0.0926. The Morgan fingerprint density at radius 1 is 1.47 bits per heavy atom. The van der Waals surface area contributed by atoms with E-state index in [0.29, 0.717) is 23.9 Å². The van der Waals surface area contributed by atoms with E-state index in [4.69, 9.17) is 9.52 Å². The Morgan fingerprint density at radius 2 is 2.24 bits per heavy atom. The van der Waals surface area contributed by atoms with Crippen LogP contribution in [0.1, 0.15) is 28.6 Å². The molecule has 1 aromatic rings. The van der Waals surface area contributed by atoms with Gasteiger partial charge in [0.15, 0.2) is 5.89 Å². The summed E-state index contributed by atoms with van der Waals surface area (Å²) >= 11 is 1.70. The van der Waals surface area contributed by atoms with Crippen LogP contribution in [0, 0.1) is 13.8 Å². The molecule has 1 amide bonds. The molecule has 0 saturated heterocycles. The number of aliphatic hydroxyl groups is 1. The molecule has 0 spiro atoms. The van der Waals surface area contributed by atoms with E-state index in [1.165, 1.54) is 0 Å². The molecule has 17 heavy (non-hydrogen) atoms. The average molecular weight is 258 g/mol. The van der Waals surface area contributed by atoms with Crippen LogP contribution in [0.15, 0.2) is 4.42 Å². The summed E-state index contributed by atoms with van der Waals surface area (Å²) in [6.07, 6.45) is 0.791. The van der Waals surface area contributed by atoms with Gasteiger partial charge in [0.1, 0.15) is 0 Å². The van der Waals surface area contributed by atoms with Crippen molar-refractivity contribution >= 4 is 17.7 Å². The molecule has 6 heteroatoms. The van der Waals surface area contributed by atoms with E-state index in [2.05, 4.69) is 10.3 Å². The minimum atomic E-state index is -0.217. The molecule has 1 heterocycles. The number of aromatic nitrogens is 1. The van der Waals surface area contributed by atoms with Crippen molar-refractivity contribution < 1.29 is 14.3 Å². The van der Waals surface area contributed by atoms with E-state index in [-0.39, 0.29) is 12.5 Å². The van der Waals surface area contributed by atoms with Crippen molar-refractivity contribution in [1.29, 1.82) is 0 Å². The van der Waals surface area contributed by atoms with Crippen molar-refractivity contribution in [1.82, 2.24) is 10.3 Å². The number of thioether (sulfide) groups is 1. The van der Waals surface area contributed by atoms with Crippen LogP contribution in [0.4, 0.5) is 0 Å². The third-order valence-corrected chi connectivity index (χ3v) is 3.16. The molecule has 5 nitrogen and oxygen atoms in total. The summed E-state index contributed by atoms with van der Waals surface area (Å²) in [5.41, 5.74) is 0.618. The summed E-state index contributed by atoms with van der Waals surface area (Å²) < 4.78 is 5.21. The lowest BCUT2D eigenvalue weighted by atomic mass is 10.3. The fraction of sp³-hybridized carbons (Fsp3) is 0.636. The molecule has 0 bridgehead atoms. The largest absolute Gasteiger partial charge is 0.436 e. The lowest BCUT2D eigenvalue weighted by Gasteiger charge is -2.03. The maximum Gasteiger partial charge on any atom is 0.289 e. The minimum Gasteiger partial charge on any atom is -0.436 e. The minimum absolute atomic E-state index is 0.217. The normalized spacial score (nSPS) is 10.5. The van der Waals surface area contributed by atoms with Crippen molar-refractivity contribution in [2.75, 3.05) is 24.7 Å². The number of oxazole rings is 1. The predicted octanol–water partition coefficient (Wildman–Crippen LogP) is 1.14. The standard InChI is InChI=1S/C11H18N2O3S/c1-8-10(16-9(2)13-8)11(15)12-4-7-17-6-3-5-14/h14H,3-7H2,1-2H3,(H,12,15). The van der Waals surface area contributed by atoms with E-state index in [1.807, 2.05) is 0 Å². The highest BCUT2D eigenvalue weighted by Crippen LogP contribution is 2.08. The Bertz CT molecular complexity index is 366. The second-order valence-electron chi connectivity index (χ2n) is 3.59. The van der Waals surface area contributed by atoms with Gasteiger partial charge < -0.3 is 14.8 Å². The third-order valence-electron chi connectivity index (χ3n) is 2.09. The van der Waals surface area contributed by atoms with Gasteiger partial charge in [-0.15, -0.1) is 0 Å². The van der Waals surface area contributed by atoms with Gasteiger partial charge in [-0.1, -0.05) is 0 Å². The molecule has 0 atom stereocenters. The summed E-state index contributed by atoms with van der Waals surface area (Å²) in [6.45, 7) is 4.28. The highest BCUT2D eigenvalue weighted by atomic mass is 32.2. The zero-order chi connectivity index (χ0) is 12.7. The fourth-order valence-electron chi connectivity index (χ4n) is 1.33. The van der Waals surface area contributed by atoms with E-state index in [0.717, 1.165) is 17.9 Å². The SMILES string of the molecule is Cc1nc(C)c(C(=O)NCCSCCCO)o1. The van der Waals surface area contributed by atoms with Crippen molar-refractivity contribution in [3.05, 3.63) is 17.3 Å². The Hall–Kier alpha value is -1.01. The Morgan fingerprint density at radius 3 is 2.82 bits per heavy atom. The van der Waals surface area contributed by atoms with Gasteiger partial charge in [0.25, 0.3) is 5.91 Å². The summed E-state index contributed by atoms with van der Waals surface area (Å²) in [4.78, 5) is 15.7. The molecule has 0 aliphatic rings. The molecule has 0 aromatic carbocycles. The maximum atomic E-state index is 11.7. The molecule has 1 aromatic heterocycles. The van der Waals surface area contributed by atoms with Crippen LogP contribution in [0.2, 0.25) is 0 Å². The van der Waals surface area contributed by atoms with E-state index in [9.17, 15) is 4.79 Å². The number of rotatable bonds is 7. The Kier molecular flexibility index (Phi) is 6.07. The molecule has 96 valence electrons. The van der Waals surface area contributed by atoms with Gasteiger partial charge in [-0.3, -0.25) is 4.79 Å². The first-order valence-electron chi connectivity index (χ1n) is 5.56. The number of nitrogens with zero attached hydrogens (tertiary/aromatic N) is 1. The fourth-order valence-corrected chi connectivity index (χ4v) is 2.11. The second-order valence-corrected chi connectivity index (χ2v) is 4.82. The Labute approximate surface area is 105 Å². The third kappa shape index (κ3) is 4.79. The van der Waals surface area contributed by atoms with Crippen LogP contribution in [0.3, 0.4) is 0 Å².